The molecule has 35 heavy (non-hydrogen) atoms. The Kier molecular flexibility index (Phi) is 6.28. The number of pyridine rings is 1. The highest BCUT2D eigenvalue weighted by atomic mass is 19.4. The van der Waals surface area contributed by atoms with E-state index >= 15 is 0 Å². The second-order valence-electron chi connectivity index (χ2n) is 7.29. The van der Waals surface area contributed by atoms with Gasteiger partial charge >= 0.3 is 6.18 Å². The van der Waals surface area contributed by atoms with Gasteiger partial charge in [0.15, 0.2) is 5.82 Å². The largest absolute Gasteiger partial charge is 0.420 e. The zero-order chi connectivity index (χ0) is 25.2. The third-order valence-electron chi connectivity index (χ3n) is 4.80. The van der Waals surface area contributed by atoms with Gasteiger partial charge in [0.05, 0.1) is 29.8 Å². The van der Waals surface area contributed by atoms with E-state index in [9.17, 15) is 27.2 Å². The Hall–Kier alpha value is -4.61. The number of nitrogens with one attached hydrogen (secondary N) is 2. The predicted molar refractivity (Wildman–Crippen MR) is 118 cm³/mol. The SMILES string of the molecule is CC(=O)Nc1ccccc1-c1ccc(C(=O)Nc2cnc(-n3nccn3)c(C(F)(F)F)c2)c(F)c1. The van der Waals surface area contributed by atoms with Crippen molar-refractivity contribution in [3.8, 4) is 16.9 Å². The van der Waals surface area contributed by atoms with Crippen LogP contribution in [-0.4, -0.2) is 31.8 Å². The number of alkyl halides is 3. The van der Waals surface area contributed by atoms with E-state index in [1.807, 2.05) is 0 Å². The van der Waals surface area contributed by atoms with E-state index < -0.39 is 34.8 Å². The Labute approximate surface area is 195 Å². The van der Waals surface area contributed by atoms with E-state index in [1.165, 1.54) is 31.5 Å². The summed E-state index contributed by atoms with van der Waals surface area (Å²) in [6.07, 6.45) is -1.44. The van der Waals surface area contributed by atoms with Crippen molar-refractivity contribution in [2.45, 2.75) is 13.1 Å². The number of carbonyl (C=O) groups is 2. The van der Waals surface area contributed by atoms with Crippen LogP contribution in [0.15, 0.2) is 67.1 Å². The molecule has 2 aromatic carbocycles. The molecule has 0 bridgehead atoms. The number of hydrogen-bond acceptors (Lipinski definition) is 5. The van der Waals surface area contributed by atoms with Crippen LogP contribution in [0.3, 0.4) is 0 Å². The standard InChI is InChI=1S/C23H16F4N6O2/c1-13(34)31-20-5-3-2-4-16(20)14-6-7-17(19(24)10-14)22(35)32-15-11-18(23(25,26)27)21(28-12-15)33-29-8-9-30-33/h2-12H,1H3,(H,31,34)(H,32,35). The number of hydrogen-bond donors (Lipinski definition) is 2. The van der Waals surface area contributed by atoms with Crippen LogP contribution in [0.4, 0.5) is 28.9 Å². The molecule has 8 nitrogen and oxygen atoms in total. The van der Waals surface area contributed by atoms with E-state index in [0.29, 0.717) is 27.7 Å². The summed E-state index contributed by atoms with van der Waals surface area (Å²) in [7, 11) is 0. The summed E-state index contributed by atoms with van der Waals surface area (Å²) in [5, 5.41) is 12.2. The van der Waals surface area contributed by atoms with Crippen LogP contribution < -0.4 is 10.6 Å². The van der Waals surface area contributed by atoms with Crippen LogP contribution in [0, 0.1) is 5.82 Å². The van der Waals surface area contributed by atoms with Gasteiger partial charge in [0, 0.05) is 18.2 Å². The molecule has 12 heteroatoms. The maximum Gasteiger partial charge on any atom is 0.420 e. The predicted octanol–water partition coefficient (Wildman–Crippen LogP) is 4.70. The molecular weight excluding hydrogens is 468 g/mol. The fourth-order valence-corrected chi connectivity index (χ4v) is 3.32. The maximum atomic E-state index is 14.8. The van der Waals surface area contributed by atoms with Gasteiger partial charge < -0.3 is 10.6 Å². The molecule has 0 saturated carbocycles. The quantitative estimate of drug-likeness (QED) is 0.400. The van der Waals surface area contributed by atoms with Gasteiger partial charge in [-0.2, -0.15) is 23.4 Å². The van der Waals surface area contributed by atoms with E-state index in [0.717, 1.165) is 12.3 Å². The summed E-state index contributed by atoms with van der Waals surface area (Å²) >= 11 is 0. The molecular formula is C23H16F4N6O2. The maximum absolute atomic E-state index is 14.8. The van der Waals surface area contributed by atoms with Gasteiger partial charge in [-0.3, -0.25) is 9.59 Å². The van der Waals surface area contributed by atoms with Gasteiger partial charge in [-0.1, -0.05) is 24.3 Å². The summed E-state index contributed by atoms with van der Waals surface area (Å²) < 4.78 is 55.5. The number of aromatic nitrogens is 4. The first-order valence-corrected chi connectivity index (χ1v) is 10.1. The number of rotatable bonds is 5. The molecule has 2 amide bonds. The van der Waals surface area contributed by atoms with Gasteiger partial charge in [0.2, 0.25) is 5.91 Å². The van der Waals surface area contributed by atoms with Crippen molar-refractivity contribution >= 4 is 23.2 Å². The summed E-state index contributed by atoms with van der Waals surface area (Å²) in [5.41, 5.74) is -0.503. The average molecular weight is 484 g/mol. The first-order chi connectivity index (χ1) is 16.6. The topological polar surface area (TPSA) is 102 Å². The van der Waals surface area contributed by atoms with Crippen LogP contribution in [-0.2, 0) is 11.0 Å². The van der Waals surface area contributed by atoms with Crippen molar-refractivity contribution < 1.29 is 27.2 Å². The van der Waals surface area contributed by atoms with Gasteiger partial charge in [0.25, 0.3) is 5.91 Å². The number of para-hydroxylation sites is 1. The fourth-order valence-electron chi connectivity index (χ4n) is 3.32. The highest BCUT2D eigenvalue weighted by molar-refractivity contribution is 6.05. The zero-order valence-electron chi connectivity index (χ0n) is 18.0. The molecule has 0 atom stereocenters. The molecule has 0 aliphatic carbocycles. The lowest BCUT2D eigenvalue weighted by Crippen LogP contribution is -2.18. The molecule has 2 N–H and O–H groups in total. The number of benzene rings is 2. The van der Waals surface area contributed by atoms with Gasteiger partial charge in [0.1, 0.15) is 11.4 Å². The molecule has 0 radical (unpaired) electrons. The molecule has 4 rings (SSSR count). The Bertz CT molecular complexity index is 1400. The van der Waals surface area contributed by atoms with E-state index in [4.69, 9.17) is 0 Å². The first-order valence-electron chi connectivity index (χ1n) is 10.1. The van der Waals surface area contributed by atoms with Crippen molar-refractivity contribution in [2.24, 2.45) is 0 Å². The van der Waals surface area contributed by atoms with Crippen LogP contribution in [0.25, 0.3) is 16.9 Å². The Morgan fingerprint density at radius 2 is 1.69 bits per heavy atom. The van der Waals surface area contributed by atoms with Crippen molar-refractivity contribution in [3.63, 3.8) is 0 Å². The van der Waals surface area contributed by atoms with Crippen molar-refractivity contribution in [2.75, 3.05) is 10.6 Å². The molecule has 2 aromatic heterocycles. The number of carbonyl (C=O) groups excluding carboxylic acids is 2. The van der Waals surface area contributed by atoms with Gasteiger partial charge in [-0.05, 0) is 29.8 Å². The molecule has 0 aliphatic rings. The fraction of sp³-hybridized carbons (Fsp3) is 0.0870. The number of anilines is 2. The third kappa shape index (κ3) is 5.16. The zero-order valence-corrected chi connectivity index (χ0v) is 18.0. The molecule has 0 unspecified atom stereocenters. The lowest BCUT2D eigenvalue weighted by Gasteiger charge is -2.14. The first kappa shape index (κ1) is 23.5. The summed E-state index contributed by atoms with van der Waals surface area (Å²) in [6.45, 7) is 1.34. The summed E-state index contributed by atoms with van der Waals surface area (Å²) in [6, 6.07) is 11.1. The molecule has 4 aromatic rings. The van der Waals surface area contributed by atoms with Crippen molar-refractivity contribution in [1.82, 2.24) is 20.0 Å². The smallest absolute Gasteiger partial charge is 0.326 e. The number of nitrogens with zero attached hydrogens (tertiary/aromatic N) is 4. The highest BCUT2D eigenvalue weighted by Crippen LogP contribution is 2.34. The van der Waals surface area contributed by atoms with Crippen LogP contribution in [0.2, 0.25) is 0 Å². The minimum atomic E-state index is -4.81. The molecule has 0 fully saturated rings. The third-order valence-corrected chi connectivity index (χ3v) is 4.80. The average Bonchev–Trinajstić information content (AvgIpc) is 3.33. The van der Waals surface area contributed by atoms with Gasteiger partial charge in [-0.15, -0.1) is 4.80 Å². The second-order valence-corrected chi connectivity index (χ2v) is 7.29. The van der Waals surface area contributed by atoms with Crippen LogP contribution in [0.1, 0.15) is 22.8 Å². The highest BCUT2D eigenvalue weighted by Gasteiger charge is 2.36. The number of amides is 2. The van der Waals surface area contributed by atoms with Crippen molar-refractivity contribution in [3.05, 3.63) is 84.1 Å². The lowest BCUT2D eigenvalue weighted by molar-refractivity contribution is -0.137. The van der Waals surface area contributed by atoms with Crippen LogP contribution in [0.5, 0.6) is 0 Å². The van der Waals surface area contributed by atoms with Gasteiger partial charge in [-0.25, -0.2) is 9.37 Å². The van der Waals surface area contributed by atoms with Crippen molar-refractivity contribution in [1.29, 1.82) is 0 Å². The Balaban J connectivity index is 1.61. The number of halogens is 4. The monoisotopic (exact) mass is 484 g/mol. The molecule has 0 saturated heterocycles. The summed E-state index contributed by atoms with van der Waals surface area (Å²) in [5.74, 6) is -2.76. The second kappa shape index (κ2) is 9.33. The molecule has 0 spiro atoms. The molecule has 2 heterocycles. The Morgan fingerprint density at radius 3 is 2.34 bits per heavy atom. The summed E-state index contributed by atoms with van der Waals surface area (Å²) in [4.78, 5) is 28.5. The van der Waals surface area contributed by atoms with E-state index in [-0.39, 0.29) is 11.6 Å². The molecule has 0 aliphatic heterocycles. The minimum Gasteiger partial charge on any atom is -0.326 e. The normalized spacial score (nSPS) is 11.2. The van der Waals surface area contributed by atoms with Crippen LogP contribution >= 0.6 is 0 Å². The lowest BCUT2D eigenvalue weighted by atomic mass is 10.0. The molecule has 178 valence electrons. The van der Waals surface area contributed by atoms with E-state index in [2.05, 4.69) is 25.8 Å². The minimum absolute atomic E-state index is 0.294. The Morgan fingerprint density at radius 1 is 0.971 bits per heavy atom. The van der Waals surface area contributed by atoms with E-state index in [1.54, 1.807) is 24.3 Å².